The Hall–Kier alpha value is -3.50. The lowest BCUT2D eigenvalue weighted by atomic mass is 10.0. The molecule has 1 fully saturated rings. The van der Waals surface area contributed by atoms with Gasteiger partial charge in [0, 0.05) is 0 Å². The number of alkyl carbamates (subject to hydrolysis) is 2. The van der Waals surface area contributed by atoms with E-state index in [0.29, 0.717) is 0 Å². The molecule has 3 atom stereocenters. The number of hydrogen-bond acceptors (Lipinski definition) is 8. The number of hydrogen-bond donors (Lipinski definition) is 3. The first-order valence-electron chi connectivity index (χ1n) is 9.64. The van der Waals surface area contributed by atoms with Crippen LogP contribution in [0.3, 0.4) is 0 Å². The molecule has 3 N–H and O–H groups in total. The molecule has 1 aliphatic rings. The average Bonchev–Trinajstić information content (AvgIpc) is 2.66. The van der Waals surface area contributed by atoms with E-state index in [1.54, 1.807) is 32.9 Å². The summed E-state index contributed by atoms with van der Waals surface area (Å²) in [7, 11) is 0. The summed E-state index contributed by atoms with van der Waals surface area (Å²) in [5.41, 5.74) is 0.101. The number of ether oxygens (including phenoxy) is 4. The van der Waals surface area contributed by atoms with E-state index in [1.807, 2.05) is 18.2 Å². The highest BCUT2D eigenvalue weighted by atomic mass is 16.7. The van der Waals surface area contributed by atoms with Gasteiger partial charge in [0.1, 0.15) is 24.9 Å². The van der Waals surface area contributed by atoms with Crippen molar-refractivity contribution < 1.29 is 38.1 Å². The van der Waals surface area contributed by atoms with Crippen LogP contribution in [0.15, 0.2) is 30.3 Å². The van der Waals surface area contributed by atoms with Crippen molar-refractivity contribution in [3.8, 4) is 0 Å². The van der Waals surface area contributed by atoms with E-state index in [1.165, 1.54) is 6.92 Å². The minimum Gasteiger partial charge on any atom is -0.445 e. The quantitative estimate of drug-likeness (QED) is 0.254. The molecule has 0 aromatic heterocycles. The second kappa shape index (κ2) is 10.5. The SMILES string of the molecule is CC(NC(=O)OC(C)(C)C)OC(=O)OCC1NC(=O)C1NC(=O)OCc1ccccc1. The number of amides is 3. The lowest BCUT2D eigenvalue weighted by Crippen LogP contribution is -2.70. The Labute approximate surface area is 179 Å². The molecule has 0 aliphatic carbocycles. The first-order valence-corrected chi connectivity index (χ1v) is 9.64. The summed E-state index contributed by atoms with van der Waals surface area (Å²) in [6, 6.07) is 7.51. The molecule has 31 heavy (non-hydrogen) atoms. The minimum absolute atomic E-state index is 0.0526. The molecule has 2 rings (SSSR count). The maximum absolute atomic E-state index is 11.9. The van der Waals surface area contributed by atoms with Gasteiger partial charge in [-0.1, -0.05) is 30.3 Å². The largest absolute Gasteiger partial charge is 0.510 e. The van der Waals surface area contributed by atoms with E-state index in [0.717, 1.165) is 5.56 Å². The summed E-state index contributed by atoms with van der Waals surface area (Å²) >= 11 is 0. The Morgan fingerprint density at radius 2 is 1.77 bits per heavy atom. The van der Waals surface area contributed by atoms with Crippen molar-refractivity contribution >= 4 is 24.2 Å². The van der Waals surface area contributed by atoms with Gasteiger partial charge < -0.3 is 29.6 Å². The third-order valence-corrected chi connectivity index (χ3v) is 3.87. The fourth-order valence-corrected chi connectivity index (χ4v) is 2.48. The normalized spacial score (nSPS) is 18.5. The molecule has 1 aromatic rings. The van der Waals surface area contributed by atoms with Gasteiger partial charge in [-0.3, -0.25) is 10.1 Å². The molecular formula is C20H27N3O8. The van der Waals surface area contributed by atoms with E-state index in [-0.39, 0.29) is 13.2 Å². The zero-order valence-corrected chi connectivity index (χ0v) is 17.8. The Balaban J connectivity index is 1.68. The van der Waals surface area contributed by atoms with E-state index < -0.39 is 48.2 Å². The average molecular weight is 437 g/mol. The zero-order chi connectivity index (χ0) is 23.0. The van der Waals surface area contributed by atoms with Crippen molar-refractivity contribution in [1.29, 1.82) is 0 Å². The molecule has 11 nitrogen and oxygen atoms in total. The van der Waals surface area contributed by atoms with Crippen molar-refractivity contribution in [1.82, 2.24) is 16.0 Å². The minimum atomic E-state index is -1.06. The van der Waals surface area contributed by atoms with Gasteiger partial charge in [-0.05, 0) is 33.3 Å². The number of rotatable bonds is 7. The van der Waals surface area contributed by atoms with E-state index in [2.05, 4.69) is 16.0 Å². The van der Waals surface area contributed by atoms with Crippen LogP contribution in [0, 0.1) is 0 Å². The van der Waals surface area contributed by atoms with Crippen LogP contribution in [0.2, 0.25) is 0 Å². The Morgan fingerprint density at radius 3 is 2.39 bits per heavy atom. The molecule has 1 aliphatic heterocycles. The summed E-state index contributed by atoms with van der Waals surface area (Å²) < 4.78 is 19.9. The maximum atomic E-state index is 11.9. The van der Waals surface area contributed by atoms with E-state index in [4.69, 9.17) is 18.9 Å². The van der Waals surface area contributed by atoms with Gasteiger partial charge in [-0.2, -0.15) is 0 Å². The molecule has 0 radical (unpaired) electrons. The van der Waals surface area contributed by atoms with Gasteiger partial charge >= 0.3 is 18.3 Å². The summed E-state index contributed by atoms with van der Waals surface area (Å²) in [5, 5.41) is 7.25. The van der Waals surface area contributed by atoms with Gasteiger partial charge in [-0.25, -0.2) is 14.4 Å². The summed E-state index contributed by atoms with van der Waals surface area (Å²) in [5.74, 6) is -0.432. The molecule has 3 unspecified atom stereocenters. The Morgan fingerprint density at radius 1 is 1.10 bits per heavy atom. The zero-order valence-electron chi connectivity index (χ0n) is 17.8. The lowest BCUT2D eigenvalue weighted by Gasteiger charge is -2.36. The second-order valence-electron chi connectivity index (χ2n) is 7.77. The van der Waals surface area contributed by atoms with Gasteiger partial charge in [0.25, 0.3) is 0 Å². The molecule has 1 saturated heterocycles. The third-order valence-electron chi connectivity index (χ3n) is 3.87. The molecule has 170 valence electrons. The standard InChI is InChI=1S/C20H27N3O8/c1-12(21-18(26)31-20(2,3)4)30-19(27)29-11-14-15(16(24)22-14)23-17(25)28-10-13-8-6-5-7-9-13/h5-9,12,14-15H,10-11H2,1-4H3,(H,21,26)(H,22,24)(H,23,25). The Bertz CT molecular complexity index is 793. The maximum Gasteiger partial charge on any atom is 0.510 e. The molecule has 0 spiro atoms. The number of benzene rings is 1. The van der Waals surface area contributed by atoms with Gasteiger partial charge in [0.05, 0.1) is 6.04 Å². The molecule has 0 bridgehead atoms. The fourth-order valence-electron chi connectivity index (χ4n) is 2.48. The molecule has 11 heteroatoms. The van der Waals surface area contributed by atoms with Crippen LogP contribution in [0.1, 0.15) is 33.3 Å². The topological polar surface area (TPSA) is 141 Å². The van der Waals surface area contributed by atoms with Crippen molar-refractivity contribution in [3.63, 3.8) is 0 Å². The summed E-state index contributed by atoms with van der Waals surface area (Å²) in [4.78, 5) is 47.0. The van der Waals surface area contributed by atoms with Crippen LogP contribution in [-0.4, -0.2) is 54.8 Å². The molecular weight excluding hydrogens is 410 g/mol. The number of β-lactam (4-membered cyclic amide) rings is 1. The number of carbonyl (C=O) groups is 4. The van der Waals surface area contributed by atoms with E-state index >= 15 is 0 Å². The smallest absolute Gasteiger partial charge is 0.445 e. The second-order valence-corrected chi connectivity index (χ2v) is 7.77. The lowest BCUT2D eigenvalue weighted by molar-refractivity contribution is -0.133. The summed E-state index contributed by atoms with van der Waals surface area (Å²) in [6.45, 7) is 6.32. The highest BCUT2D eigenvalue weighted by molar-refractivity contribution is 5.92. The van der Waals surface area contributed by atoms with Crippen LogP contribution in [-0.2, 0) is 30.3 Å². The highest BCUT2D eigenvalue weighted by Crippen LogP contribution is 2.10. The van der Waals surface area contributed by atoms with Gasteiger partial charge in [-0.15, -0.1) is 0 Å². The van der Waals surface area contributed by atoms with Crippen LogP contribution >= 0.6 is 0 Å². The number of nitrogens with one attached hydrogen (secondary N) is 3. The highest BCUT2D eigenvalue weighted by Gasteiger charge is 2.41. The Kier molecular flexibility index (Phi) is 8.06. The first-order chi connectivity index (χ1) is 14.5. The van der Waals surface area contributed by atoms with Crippen molar-refractivity contribution in [2.45, 2.75) is 58.2 Å². The van der Waals surface area contributed by atoms with Crippen LogP contribution in [0.4, 0.5) is 14.4 Å². The van der Waals surface area contributed by atoms with Crippen molar-refractivity contribution in [2.75, 3.05) is 6.61 Å². The molecule has 1 heterocycles. The fraction of sp³-hybridized carbons (Fsp3) is 0.500. The van der Waals surface area contributed by atoms with Gasteiger partial charge in [0.15, 0.2) is 6.23 Å². The molecule has 1 aromatic carbocycles. The summed E-state index contributed by atoms with van der Waals surface area (Å²) in [6.07, 6.45) is -3.58. The van der Waals surface area contributed by atoms with Crippen molar-refractivity contribution in [2.24, 2.45) is 0 Å². The predicted octanol–water partition coefficient (Wildman–Crippen LogP) is 1.80. The molecule has 3 amide bonds. The van der Waals surface area contributed by atoms with Crippen LogP contribution < -0.4 is 16.0 Å². The van der Waals surface area contributed by atoms with Crippen LogP contribution in [0.5, 0.6) is 0 Å². The van der Waals surface area contributed by atoms with Crippen molar-refractivity contribution in [3.05, 3.63) is 35.9 Å². The third kappa shape index (κ3) is 8.41. The molecule has 0 saturated carbocycles. The monoisotopic (exact) mass is 437 g/mol. The van der Waals surface area contributed by atoms with E-state index in [9.17, 15) is 19.2 Å². The van der Waals surface area contributed by atoms with Gasteiger partial charge in [0.2, 0.25) is 5.91 Å². The predicted molar refractivity (Wildman–Crippen MR) is 107 cm³/mol. The van der Waals surface area contributed by atoms with Crippen LogP contribution in [0.25, 0.3) is 0 Å². The first kappa shape index (κ1) is 23.8. The number of carbonyl (C=O) groups excluding carboxylic acids is 4.